The molecule has 3 rings (SSSR count). The minimum absolute atomic E-state index is 0.0485. The molecule has 172 valence electrons. The van der Waals surface area contributed by atoms with Gasteiger partial charge < -0.3 is 9.47 Å². The Morgan fingerprint density at radius 1 is 0.594 bits per heavy atom. The van der Waals surface area contributed by atoms with E-state index in [2.05, 4.69) is 41.5 Å². The molecule has 0 amide bonds. The van der Waals surface area contributed by atoms with Gasteiger partial charge >= 0.3 is 11.9 Å². The lowest BCUT2D eigenvalue weighted by Gasteiger charge is -2.28. The normalized spacial score (nSPS) is 19.3. The van der Waals surface area contributed by atoms with E-state index in [1.807, 2.05) is 48.5 Å². The van der Waals surface area contributed by atoms with Gasteiger partial charge in [-0.3, -0.25) is 0 Å². The number of hydrogen-bond donors (Lipinski definition) is 0. The third kappa shape index (κ3) is 6.21. The molecule has 0 unspecified atom stereocenters. The summed E-state index contributed by atoms with van der Waals surface area (Å²) in [6.07, 6.45) is 2.54. The standard InChI is InChI=1S/C28H36O4/c1-27(2,3)21-11-7-19(8-12-21)25(29)31-23-15-17-24(18-16-23)32-26(30)20-9-13-22(14-10-20)28(4,5)6/h7-14,23-24H,15-18H2,1-6H3. The summed E-state index contributed by atoms with van der Waals surface area (Å²) in [7, 11) is 0. The first-order valence-corrected chi connectivity index (χ1v) is 11.6. The van der Waals surface area contributed by atoms with Crippen molar-refractivity contribution in [3.05, 3.63) is 70.8 Å². The lowest BCUT2D eigenvalue weighted by molar-refractivity contribution is -0.0108. The van der Waals surface area contributed by atoms with Gasteiger partial charge in [-0.05, 0) is 71.9 Å². The van der Waals surface area contributed by atoms with Crippen molar-refractivity contribution in [1.82, 2.24) is 0 Å². The van der Waals surface area contributed by atoms with E-state index in [4.69, 9.17) is 9.47 Å². The predicted molar refractivity (Wildman–Crippen MR) is 127 cm³/mol. The molecule has 1 aliphatic carbocycles. The van der Waals surface area contributed by atoms with Gasteiger partial charge in [0.1, 0.15) is 12.2 Å². The van der Waals surface area contributed by atoms with E-state index in [0.29, 0.717) is 36.8 Å². The molecule has 2 aromatic carbocycles. The molecular weight excluding hydrogens is 400 g/mol. The Labute approximate surface area is 192 Å². The summed E-state index contributed by atoms with van der Waals surface area (Å²) in [5, 5.41) is 0. The molecule has 0 bridgehead atoms. The molecule has 2 aromatic rings. The quantitative estimate of drug-likeness (QED) is 0.506. The average molecular weight is 437 g/mol. The van der Waals surface area contributed by atoms with Crippen LogP contribution in [0.2, 0.25) is 0 Å². The highest BCUT2D eigenvalue weighted by Gasteiger charge is 2.27. The lowest BCUT2D eigenvalue weighted by atomic mass is 9.87. The molecule has 0 N–H and O–H groups in total. The molecule has 1 aliphatic rings. The van der Waals surface area contributed by atoms with Gasteiger partial charge in [-0.2, -0.15) is 0 Å². The molecule has 0 aliphatic heterocycles. The number of hydrogen-bond acceptors (Lipinski definition) is 4. The lowest BCUT2D eigenvalue weighted by Crippen LogP contribution is -2.29. The summed E-state index contributed by atoms with van der Waals surface area (Å²) in [6.45, 7) is 12.9. The third-order valence-corrected chi connectivity index (χ3v) is 6.14. The zero-order valence-electron chi connectivity index (χ0n) is 20.2. The smallest absolute Gasteiger partial charge is 0.338 e. The van der Waals surface area contributed by atoms with Crippen LogP contribution in [0.4, 0.5) is 0 Å². The Morgan fingerprint density at radius 3 is 1.12 bits per heavy atom. The third-order valence-electron chi connectivity index (χ3n) is 6.14. The van der Waals surface area contributed by atoms with E-state index >= 15 is 0 Å². The van der Waals surface area contributed by atoms with Crippen LogP contribution >= 0.6 is 0 Å². The van der Waals surface area contributed by atoms with Gasteiger partial charge in [0.05, 0.1) is 11.1 Å². The van der Waals surface area contributed by atoms with Crippen molar-refractivity contribution in [2.45, 2.75) is 90.3 Å². The van der Waals surface area contributed by atoms with Crippen molar-refractivity contribution >= 4 is 11.9 Å². The van der Waals surface area contributed by atoms with E-state index in [0.717, 1.165) is 0 Å². The van der Waals surface area contributed by atoms with Gasteiger partial charge in [0.15, 0.2) is 0 Å². The molecule has 0 radical (unpaired) electrons. The van der Waals surface area contributed by atoms with E-state index in [1.165, 1.54) is 11.1 Å². The van der Waals surface area contributed by atoms with Gasteiger partial charge in [-0.1, -0.05) is 65.8 Å². The van der Waals surface area contributed by atoms with Crippen LogP contribution in [0.5, 0.6) is 0 Å². The molecule has 32 heavy (non-hydrogen) atoms. The van der Waals surface area contributed by atoms with E-state index < -0.39 is 0 Å². The summed E-state index contributed by atoms with van der Waals surface area (Å²) in [5.74, 6) is -0.574. The summed E-state index contributed by atoms with van der Waals surface area (Å²) >= 11 is 0. The second kappa shape index (κ2) is 9.48. The monoisotopic (exact) mass is 436 g/mol. The fourth-order valence-electron chi connectivity index (χ4n) is 3.92. The second-order valence-corrected chi connectivity index (χ2v) is 10.9. The van der Waals surface area contributed by atoms with Crippen LogP contribution in [0.15, 0.2) is 48.5 Å². The molecule has 0 saturated heterocycles. The van der Waals surface area contributed by atoms with Gasteiger partial charge in [-0.25, -0.2) is 9.59 Å². The fraction of sp³-hybridized carbons (Fsp3) is 0.500. The zero-order chi connectivity index (χ0) is 23.5. The number of carbonyl (C=O) groups is 2. The van der Waals surface area contributed by atoms with Crippen molar-refractivity contribution in [2.75, 3.05) is 0 Å². The highest BCUT2D eigenvalue weighted by Crippen LogP contribution is 2.27. The Kier molecular flexibility index (Phi) is 7.12. The number of rotatable bonds is 4. The van der Waals surface area contributed by atoms with Crippen LogP contribution in [-0.4, -0.2) is 24.1 Å². The first-order valence-electron chi connectivity index (χ1n) is 11.6. The van der Waals surface area contributed by atoms with Crippen LogP contribution in [-0.2, 0) is 20.3 Å². The largest absolute Gasteiger partial charge is 0.459 e. The second-order valence-electron chi connectivity index (χ2n) is 10.9. The van der Waals surface area contributed by atoms with Crippen LogP contribution < -0.4 is 0 Å². The maximum Gasteiger partial charge on any atom is 0.338 e. The van der Waals surface area contributed by atoms with Crippen LogP contribution in [0, 0.1) is 0 Å². The van der Waals surface area contributed by atoms with Crippen molar-refractivity contribution in [3.8, 4) is 0 Å². The number of ether oxygens (including phenoxy) is 2. The molecule has 0 heterocycles. The summed E-state index contributed by atoms with van der Waals surface area (Å²) in [5.41, 5.74) is 3.61. The van der Waals surface area contributed by atoms with Gasteiger partial charge in [-0.15, -0.1) is 0 Å². The van der Waals surface area contributed by atoms with Crippen molar-refractivity contribution < 1.29 is 19.1 Å². The Hall–Kier alpha value is -2.62. The average Bonchev–Trinajstić information content (AvgIpc) is 2.74. The molecule has 1 fully saturated rings. The summed E-state index contributed by atoms with van der Waals surface area (Å²) in [6, 6.07) is 15.3. The maximum absolute atomic E-state index is 12.5. The number of esters is 2. The molecule has 1 saturated carbocycles. The van der Waals surface area contributed by atoms with Gasteiger partial charge in [0.25, 0.3) is 0 Å². The minimum Gasteiger partial charge on any atom is -0.459 e. The molecule has 4 heteroatoms. The van der Waals surface area contributed by atoms with E-state index in [9.17, 15) is 9.59 Å². The molecule has 0 spiro atoms. The number of carbonyl (C=O) groups excluding carboxylic acids is 2. The first-order chi connectivity index (χ1) is 14.9. The van der Waals surface area contributed by atoms with Crippen molar-refractivity contribution in [3.63, 3.8) is 0 Å². The Balaban J connectivity index is 1.47. The molecule has 0 atom stereocenters. The SMILES string of the molecule is CC(C)(C)c1ccc(C(=O)OC2CCC(OC(=O)c3ccc(C(C)(C)C)cc3)CC2)cc1. The fourth-order valence-corrected chi connectivity index (χ4v) is 3.92. The van der Waals surface area contributed by atoms with Crippen LogP contribution in [0.25, 0.3) is 0 Å². The van der Waals surface area contributed by atoms with E-state index in [1.54, 1.807) is 0 Å². The number of benzene rings is 2. The Morgan fingerprint density at radius 2 is 0.875 bits per heavy atom. The highest BCUT2D eigenvalue weighted by molar-refractivity contribution is 5.90. The molecular formula is C28H36O4. The topological polar surface area (TPSA) is 52.6 Å². The van der Waals surface area contributed by atoms with Crippen molar-refractivity contribution in [1.29, 1.82) is 0 Å². The highest BCUT2D eigenvalue weighted by atomic mass is 16.6. The molecule has 0 aromatic heterocycles. The summed E-state index contributed by atoms with van der Waals surface area (Å²) < 4.78 is 11.4. The minimum atomic E-state index is -0.287. The molecule has 4 nitrogen and oxygen atoms in total. The van der Waals surface area contributed by atoms with Crippen molar-refractivity contribution in [2.24, 2.45) is 0 Å². The first kappa shape index (κ1) is 24.0. The maximum atomic E-state index is 12.5. The van der Waals surface area contributed by atoms with Gasteiger partial charge in [0, 0.05) is 0 Å². The summed E-state index contributed by atoms with van der Waals surface area (Å²) in [4.78, 5) is 25.0. The zero-order valence-corrected chi connectivity index (χ0v) is 20.2. The predicted octanol–water partition coefficient (Wildman–Crippen LogP) is 6.61. The Bertz CT molecular complexity index is 840. The van der Waals surface area contributed by atoms with Gasteiger partial charge in [0.2, 0.25) is 0 Å². The van der Waals surface area contributed by atoms with E-state index in [-0.39, 0.29) is 35.0 Å². The van der Waals surface area contributed by atoms with Crippen LogP contribution in [0.1, 0.15) is 99.1 Å². The van der Waals surface area contributed by atoms with Crippen LogP contribution in [0.3, 0.4) is 0 Å².